The first-order valence-corrected chi connectivity index (χ1v) is 8.21. The number of benzene rings is 2. The quantitative estimate of drug-likeness (QED) is 0.592. The third kappa shape index (κ3) is 3.45. The van der Waals surface area contributed by atoms with E-state index in [2.05, 4.69) is 25.8 Å². The Morgan fingerprint density at radius 1 is 1.16 bits per heavy atom. The number of nitrogens with zero attached hydrogens (tertiary/aromatic N) is 5. The second-order valence-electron chi connectivity index (χ2n) is 5.07. The summed E-state index contributed by atoms with van der Waals surface area (Å²) >= 11 is 1.43. The van der Waals surface area contributed by atoms with Crippen LogP contribution in [0.2, 0.25) is 0 Å². The van der Waals surface area contributed by atoms with Gasteiger partial charge in [-0.2, -0.15) is 0 Å². The van der Waals surface area contributed by atoms with Gasteiger partial charge < -0.3 is 4.74 Å². The van der Waals surface area contributed by atoms with Gasteiger partial charge in [-0.1, -0.05) is 23.5 Å². The highest BCUT2D eigenvalue weighted by Crippen LogP contribution is 2.25. The Morgan fingerprint density at radius 3 is 2.76 bits per heavy atom. The zero-order valence-corrected chi connectivity index (χ0v) is 13.7. The highest BCUT2D eigenvalue weighted by molar-refractivity contribution is 7.22. The number of hydrogen-bond donors (Lipinski definition) is 1. The minimum absolute atomic E-state index is 0.0971. The van der Waals surface area contributed by atoms with Crippen molar-refractivity contribution < 1.29 is 9.53 Å². The van der Waals surface area contributed by atoms with Crippen LogP contribution in [0.3, 0.4) is 0 Å². The van der Waals surface area contributed by atoms with Crippen molar-refractivity contribution in [1.29, 1.82) is 0 Å². The van der Waals surface area contributed by atoms with E-state index in [4.69, 9.17) is 4.74 Å². The van der Waals surface area contributed by atoms with Crippen molar-refractivity contribution in [1.82, 2.24) is 25.2 Å². The Balaban J connectivity index is 1.35. The molecule has 0 bridgehead atoms. The molecule has 4 aromatic rings. The van der Waals surface area contributed by atoms with Gasteiger partial charge in [0.25, 0.3) is 5.91 Å². The molecule has 4 rings (SSSR count). The summed E-state index contributed by atoms with van der Waals surface area (Å²) in [7, 11) is 0. The van der Waals surface area contributed by atoms with Crippen LogP contribution in [0.5, 0.6) is 5.75 Å². The van der Waals surface area contributed by atoms with Gasteiger partial charge in [0.05, 0.1) is 15.9 Å². The molecular weight excluding hydrogens is 340 g/mol. The Morgan fingerprint density at radius 2 is 2.00 bits per heavy atom. The van der Waals surface area contributed by atoms with E-state index in [1.807, 2.05) is 24.3 Å². The number of rotatable bonds is 5. The number of fused-ring (bicyclic) bond motifs is 1. The fourth-order valence-electron chi connectivity index (χ4n) is 2.20. The number of carbonyl (C=O) groups excluding carboxylic acids is 1. The number of hydrogen-bond acceptors (Lipinski definition) is 7. The van der Waals surface area contributed by atoms with Gasteiger partial charge in [-0.25, -0.2) is 9.67 Å². The zero-order valence-electron chi connectivity index (χ0n) is 12.9. The molecule has 2 heterocycles. The number of tetrazole rings is 1. The first kappa shape index (κ1) is 15.2. The van der Waals surface area contributed by atoms with E-state index in [1.54, 1.807) is 24.3 Å². The molecule has 0 aliphatic carbocycles. The largest absolute Gasteiger partial charge is 0.484 e. The second kappa shape index (κ2) is 6.65. The predicted octanol–water partition coefficient (Wildman–Crippen LogP) is 2.29. The third-order valence-corrected chi connectivity index (χ3v) is 4.31. The summed E-state index contributed by atoms with van der Waals surface area (Å²) in [5.74, 6) is 0.319. The molecule has 0 aliphatic heterocycles. The van der Waals surface area contributed by atoms with Gasteiger partial charge in [0, 0.05) is 0 Å². The van der Waals surface area contributed by atoms with Crippen molar-refractivity contribution in [2.45, 2.75) is 0 Å². The number of anilines is 1. The van der Waals surface area contributed by atoms with Gasteiger partial charge in [0.15, 0.2) is 11.7 Å². The van der Waals surface area contributed by atoms with E-state index in [0.29, 0.717) is 10.9 Å². The lowest BCUT2D eigenvalue weighted by molar-refractivity contribution is -0.118. The van der Waals surface area contributed by atoms with Gasteiger partial charge in [-0.15, -0.1) is 5.10 Å². The molecule has 0 saturated carbocycles. The highest BCUT2D eigenvalue weighted by Gasteiger charge is 2.08. The van der Waals surface area contributed by atoms with Crippen LogP contribution in [0.4, 0.5) is 5.13 Å². The molecule has 0 spiro atoms. The molecule has 0 unspecified atom stereocenters. The Labute approximate surface area is 146 Å². The van der Waals surface area contributed by atoms with Crippen LogP contribution in [-0.2, 0) is 4.79 Å². The topological polar surface area (TPSA) is 94.8 Å². The predicted molar refractivity (Wildman–Crippen MR) is 92.9 cm³/mol. The number of nitrogens with one attached hydrogen (secondary N) is 1. The van der Waals surface area contributed by atoms with Gasteiger partial charge in [0.1, 0.15) is 12.1 Å². The minimum atomic E-state index is -0.261. The van der Waals surface area contributed by atoms with Crippen LogP contribution in [-0.4, -0.2) is 37.7 Å². The van der Waals surface area contributed by atoms with E-state index in [1.165, 1.54) is 22.3 Å². The lowest BCUT2D eigenvalue weighted by Crippen LogP contribution is -2.20. The zero-order chi connectivity index (χ0) is 17.1. The lowest BCUT2D eigenvalue weighted by Gasteiger charge is -2.06. The Kier molecular flexibility index (Phi) is 4.05. The average Bonchev–Trinajstić information content (AvgIpc) is 3.29. The highest BCUT2D eigenvalue weighted by atomic mass is 32.1. The molecule has 2 aromatic carbocycles. The molecule has 0 atom stereocenters. The number of carbonyl (C=O) groups is 1. The summed E-state index contributed by atoms with van der Waals surface area (Å²) in [6, 6.07) is 14.8. The fourth-order valence-corrected chi connectivity index (χ4v) is 3.09. The molecule has 9 heteroatoms. The molecule has 124 valence electrons. The summed E-state index contributed by atoms with van der Waals surface area (Å²) in [5, 5.41) is 14.3. The van der Waals surface area contributed by atoms with Crippen molar-refractivity contribution in [3.63, 3.8) is 0 Å². The molecule has 1 N–H and O–H groups in total. The summed E-state index contributed by atoms with van der Waals surface area (Å²) in [6.07, 6.45) is 1.50. The van der Waals surface area contributed by atoms with Crippen molar-refractivity contribution >= 4 is 32.6 Å². The number of amides is 1. The monoisotopic (exact) mass is 352 g/mol. The smallest absolute Gasteiger partial charge is 0.264 e. The third-order valence-electron chi connectivity index (χ3n) is 3.36. The van der Waals surface area contributed by atoms with E-state index in [0.717, 1.165) is 15.9 Å². The summed E-state index contributed by atoms with van der Waals surface area (Å²) < 4.78 is 8.05. The molecule has 0 aliphatic rings. The summed E-state index contributed by atoms with van der Waals surface area (Å²) in [6.45, 7) is -0.0971. The normalized spacial score (nSPS) is 10.7. The maximum Gasteiger partial charge on any atom is 0.264 e. The SMILES string of the molecule is O=C(COc1ccc(-n2cnnn2)cc1)Nc1nc2ccccc2s1. The van der Waals surface area contributed by atoms with Crippen LogP contribution in [0.1, 0.15) is 0 Å². The van der Waals surface area contributed by atoms with Crippen LogP contribution in [0.15, 0.2) is 54.9 Å². The standard InChI is InChI=1S/C16H12N6O2S/c23-15(19-16-18-13-3-1-2-4-14(13)25-16)9-24-12-7-5-11(6-8-12)22-10-17-20-21-22/h1-8,10H,9H2,(H,18,19,23). The first-order chi connectivity index (χ1) is 12.3. The van der Waals surface area contributed by atoms with E-state index >= 15 is 0 Å². The van der Waals surface area contributed by atoms with Gasteiger partial charge in [-0.05, 0) is 46.8 Å². The fraction of sp³-hybridized carbons (Fsp3) is 0.0625. The molecule has 2 aromatic heterocycles. The van der Waals surface area contributed by atoms with Crippen LogP contribution >= 0.6 is 11.3 Å². The molecule has 0 saturated heterocycles. The van der Waals surface area contributed by atoms with E-state index in [-0.39, 0.29) is 12.5 Å². The second-order valence-corrected chi connectivity index (χ2v) is 6.10. The molecule has 1 amide bonds. The van der Waals surface area contributed by atoms with Gasteiger partial charge in [0.2, 0.25) is 0 Å². The van der Waals surface area contributed by atoms with Crippen molar-refractivity contribution in [2.75, 3.05) is 11.9 Å². The van der Waals surface area contributed by atoms with Crippen molar-refractivity contribution in [3.8, 4) is 11.4 Å². The van der Waals surface area contributed by atoms with Gasteiger partial charge in [-0.3, -0.25) is 10.1 Å². The maximum atomic E-state index is 12.0. The van der Waals surface area contributed by atoms with Gasteiger partial charge >= 0.3 is 0 Å². The molecule has 0 fully saturated rings. The molecule has 25 heavy (non-hydrogen) atoms. The summed E-state index contributed by atoms with van der Waals surface area (Å²) in [5.41, 5.74) is 1.66. The summed E-state index contributed by atoms with van der Waals surface area (Å²) in [4.78, 5) is 16.4. The molecule has 8 nitrogen and oxygen atoms in total. The van der Waals surface area contributed by atoms with Crippen molar-refractivity contribution in [3.05, 3.63) is 54.9 Å². The lowest BCUT2D eigenvalue weighted by atomic mass is 10.3. The number of para-hydroxylation sites is 1. The number of thiazole rings is 1. The van der Waals surface area contributed by atoms with Crippen LogP contribution in [0, 0.1) is 0 Å². The maximum absolute atomic E-state index is 12.0. The van der Waals surface area contributed by atoms with Crippen molar-refractivity contribution in [2.24, 2.45) is 0 Å². The number of ether oxygens (including phenoxy) is 1. The van der Waals surface area contributed by atoms with E-state index < -0.39 is 0 Å². The minimum Gasteiger partial charge on any atom is -0.484 e. The number of aromatic nitrogens is 5. The Bertz CT molecular complexity index is 964. The van der Waals surface area contributed by atoms with Crippen LogP contribution < -0.4 is 10.1 Å². The first-order valence-electron chi connectivity index (χ1n) is 7.39. The molecule has 0 radical (unpaired) electrons. The van der Waals surface area contributed by atoms with E-state index in [9.17, 15) is 4.79 Å². The molecular formula is C16H12N6O2S. The van der Waals surface area contributed by atoms with Crippen LogP contribution in [0.25, 0.3) is 15.9 Å². The Hall–Kier alpha value is -3.33. The average molecular weight is 352 g/mol.